The molecule has 1 aliphatic heterocycles. The van der Waals surface area contributed by atoms with Crippen LogP contribution < -0.4 is 0 Å². The van der Waals surface area contributed by atoms with E-state index in [1.807, 2.05) is 0 Å². The highest BCUT2D eigenvalue weighted by atomic mass is 32.2. The Morgan fingerprint density at radius 2 is 2.38 bits per heavy atom. The fraction of sp³-hybridized carbons (Fsp3) is 0.571. The summed E-state index contributed by atoms with van der Waals surface area (Å²) in [7, 11) is 1.26. The topological polar surface area (TPSA) is 76.0 Å². The van der Waals surface area contributed by atoms with Crippen molar-refractivity contribution in [3.63, 3.8) is 0 Å². The molecule has 0 unspecified atom stereocenters. The average molecular weight is 203 g/mol. The van der Waals surface area contributed by atoms with E-state index in [1.165, 1.54) is 18.9 Å². The zero-order valence-corrected chi connectivity index (χ0v) is 7.84. The average Bonchev–Trinajstić information content (AvgIpc) is 2.17. The summed E-state index contributed by atoms with van der Waals surface area (Å²) < 4.78 is 4.47. The van der Waals surface area contributed by atoms with Crippen molar-refractivity contribution in [2.75, 3.05) is 18.6 Å². The molecule has 0 saturated carbocycles. The number of nitrogens with zero attached hydrogens (tertiary/aromatic N) is 1. The first kappa shape index (κ1) is 10.0. The van der Waals surface area contributed by atoms with Gasteiger partial charge >= 0.3 is 11.9 Å². The molecule has 1 N–H and O–H groups in total. The molecule has 6 heteroatoms. The number of aliphatic carboxylic acids is 1. The van der Waals surface area contributed by atoms with Gasteiger partial charge in [-0.1, -0.05) is 0 Å². The van der Waals surface area contributed by atoms with Crippen LogP contribution in [0.5, 0.6) is 0 Å². The maximum absolute atomic E-state index is 11.0. The second kappa shape index (κ2) is 4.27. The van der Waals surface area contributed by atoms with Crippen LogP contribution in [-0.4, -0.2) is 47.4 Å². The molecule has 0 spiro atoms. The Morgan fingerprint density at radius 3 is 2.92 bits per heavy atom. The number of esters is 1. The highest BCUT2D eigenvalue weighted by Gasteiger charge is 2.25. The summed E-state index contributed by atoms with van der Waals surface area (Å²) in [5.74, 6) is -0.709. The van der Waals surface area contributed by atoms with Gasteiger partial charge in [0.15, 0.2) is 6.04 Å². The van der Waals surface area contributed by atoms with Gasteiger partial charge in [-0.2, -0.15) is 11.8 Å². The minimum Gasteiger partial charge on any atom is -0.477 e. The zero-order valence-electron chi connectivity index (χ0n) is 7.02. The van der Waals surface area contributed by atoms with E-state index >= 15 is 0 Å². The largest absolute Gasteiger partial charge is 0.477 e. The lowest BCUT2D eigenvalue weighted by Crippen LogP contribution is -2.31. The molecule has 0 aliphatic carbocycles. The van der Waals surface area contributed by atoms with Crippen LogP contribution in [0.4, 0.5) is 0 Å². The van der Waals surface area contributed by atoms with E-state index in [0.717, 1.165) is 0 Å². The Kier molecular flexibility index (Phi) is 3.30. The lowest BCUT2D eigenvalue weighted by molar-refractivity contribution is -0.141. The third kappa shape index (κ3) is 2.45. The predicted octanol–water partition coefficient (Wildman–Crippen LogP) is -0.200. The highest BCUT2D eigenvalue weighted by Crippen LogP contribution is 2.14. The maximum atomic E-state index is 11.0. The van der Waals surface area contributed by atoms with Crippen molar-refractivity contribution in [2.24, 2.45) is 4.99 Å². The molecule has 72 valence electrons. The molecule has 5 nitrogen and oxygen atoms in total. The van der Waals surface area contributed by atoms with Crippen LogP contribution in [-0.2, 0) is 14.3 Å². The molecule has 0 fully saturated rings. The first-order valence-corrected chi connectivity index (χ1v) is 4.76. The monoisotopic (exact) mass is 203 g/mol. The van der Waals surface area contributed by atoms with E-state index < -0.39 is 18.0 Å². The Labute approximate surface area is 79.2 Å². The Balaban J connectivity index is 2.73. The molecule has 13 heavy (non-hydrogen) atoms. The van der Waals surface area contributed by atoms with Crippen molar-refractivity contribution in [1.29, 1.82) is 0 Å². The van der Waals surface area contributed by atoms with Gasteiger partial charge in [0.2, 0.25) is 0 Å². The van der Waals surface area contributed by atoms with Crippen LogP contribution in [0, 0.1) is 0 Å². The summed E-state index contributed by atoms with van der Waals surface area (Å²) >= 11 is 1.37. The summed E-state index contributed by atoms with van der Waals surface area (Å²) in [5, 5.41) is 8.61. The minimum atomic E-state index is -1.07. The third-order valence-corrected chi connectivity index (χ3v) is 2.58. The number of carbonyl (C=O) groups excluding carboxylic acids is 1. The first-order chi connectivity index (χ1) is 6.15. The molecule has 0 bridgehead atoms. The van der Waals surface area contributed by atoms with Gasteiger partial charge in [0.05, 0.1) is 7.11 Å². The van der Waals surface area contributed by atoms with Gasteiger partial charge in [-0.3, -0.25) is 4.99 Å². The van der Waals surface area contributed by atoms with Crippen molar-refractivity contribution < 1.29 is 19.4 Å². The van der Waals surface area contributed by atoms with E-state index in [0.29, 0.717) is 11.5 Å². The lowest BCUT2D eigenvalue weighted by atomic mass is 10.3. The number of thioether (sulfide) groups is 1. The van der Waals surface area contributed by atoms with Gasteiger partial charge in [0.1, 0.15) is 5.71 Å². The molecule has 1 heterocycles. The molecule has 0 aromatic rings. The normalized spacial score (nSPS) is 21.9. The Hall–Kier alpha value is -1.04. The minimum absolute atomic E-state index is 0.0339. The van der Waals surface area contributed by atoms with Crippen molar-refractivity contribution in [3.8, 4) is 0 Å². The van der Waals surface area contributed by atoms with E-state index in [9.17, 15) is 9.59 Å². The highest BCUT2D eigenvalue weighted by molar-refractivity contribution is 8.00. The molecular formula is C7H9NO4S. The van der Waals surface area contributed by atoms with Gasteiger partial charge in [0, 0.05) is 11.5 Å². The number of methoxy groups -OCH3 is 1. The summed E-state index contributed by atoms with van der Waals surface area (Å²) in [6.45, 7) is 0. The van der Waals surface area contributed by atoms with Crippen LogP contribution in [0.15, 0.2) is 4.99 Å². The van der Waals surface area contributed by atoms with Gasteiger partial charge in [0.25, 0.3) is 0 Å². The van der Waals surface area contributed by atoms with Crippen molar-refractivity contribution in [3.05, 3.63) is 0 Å². The number of carbonyl (C=O) groups is 2. The fourth-order valence-electron chi connectivity index (χ4n) is 0.904. The summed E-state index contributed by atoms with van der Waals surface area (Å²) in [6.07, 6.45) is 0. The molecule has 0 radical (unpaired) electrons. The molecule has 1 aliphatic rings. The molecule has 0 aromatic carbocycles. The molecule has 1 rings (SSSR count). The van der Waals surface area contributed by atoms with E-state index in [-0.39, 0.29) is 5.71 Å². The number of hydrogen-bond acceptors (Lipinski definition) is 5. The van der Waals surface area contributed by atoms with Crippen molar-refractivity contribution in [1.82, 2.24) is 0 Å². The van der Waals surface area contributed by atoms with E-state index in [2.05, 4.69) is 9.73 Å². The molecule has 0 saturated heterocycles. The van der Waals surface area contributed by atoms with Gasteiger partial charge in [-0.15, -0.1) is 0 Å². The van der Waals surface area contributed by atoms with Crippen LogP contribution in [0.3, 0.4) is 0 Å². The van der Waals surface area contributed by atoms with Gasteiger partial charge in [-0.05, 0) is 0 Å². The molecule has 1 atom stereocenters. The predicted molar refractivity (Wildman–Crippen MR) is 48.2 cm³/mol. The van der Waals surface area contributed by atoms with E-state index in [4.69, 9.17) is 5.11 Å². The Morgan fingerprint density at radius 1 is 1.69 bits per heavy atom. The number of hydrogen-bond donors (Lipinski definition) is 1. The number of aliphatic imine (C=N–C) groups is 1. The summed E-state index contributed by atoms with van der Waals surface area (Å²) in [4.78, 5) is 25.3. The number of rotatable bonds is 2. The third-order valence-electron chi connectivity index (χ3n) is 1.55. The molecular weight excluding hydrogens is 194 g/mol. The quantitative estimate of drug-likeness (QED) is 0.629. The van der Waals surface area contributed by atoms with Gasteiger partial charge < -0.3 is 9.84 Å². The van der Waals surface area contributed by atoms with Crippen LogP contribution in [0.25, 0.3) is 0 Å². The number of carboxylic acids is 1. The van der Waals surface area contributed by atoms with Crippen molar-refractivity contribution >= 4 is 29.4 Å². The van der Waals surface area contributed by atoms with Crippen LogP contribution >= 0.6 is 11.8 Å². The Bertz CT molecular complexity index is 263. The van der Waals surface area contributed by atoms with Gasteiger partial charge in [-0.25, -0.2) is 9.59 Å². The smallest absolute Gasteiger partial charge is 0.350 e. The first-order valence-electron chi connectivity index (χ1n) is 3.60. The maximum Gasteiger partial charge on any atom is 0.350 e. The zero-order chi connectivity index (χ0) is 9.84. The second-order valence-electron chi connectivity index (χ2n) is 2.44. The second-order valence-corrected chi connectivity index (χ2v) is 3.47. The van der Waals surface area contributed by atoms with Crippen molar-refractivity contribution in [2.45, 2.75) is 6.04 Å². The SMILES string of the molecule is COC(=O)[C@H]1CSCC(C(=O)O)=N1. The standard InChI is InChI=1S/C7H9NO4S/c1-12-7(11)5-3-13-2-4(8-5)6(9)10/h5H,2-3H2,1H3,(H,9,10)/t5-/m1/s1. The molecule has 0 amide bonds. The lowest BCUT2D eigenvalue weighted by Gasteiger charge is -2.15. The number of ether oxygens (including phenoxy) is 1. The van der Waals surface area contributed by atoms with Crippen LogP contribution in [0.1, 0.15) is 0 Å². The fourth-order valence-corrected chi connectivity index (χ4v) is 1.85. The summed E-state index contributed by atoms with van der Waals surface area (Å²) in [5.41, 5.74) is 0.0339. The summed E-state index contributed by atoms with van der Waals surface area (Å²) in [6, 6.07) is -0.658. The molecule has 0 aromatic heterocycles. The van der Waals surface area contributed by atoms with E-state index in [1.54, 1.807) is 0 Å². The van der Waals surface area contributed by atoms with Crippen LogP contribution in [0.2, 0.25) is 0 Å². The number of carboxylic acid groups (broad SMARTS) is 1.